The summed E-state index contributed by atoms with van der Waals surface area (Å²) >= 11 is 4.80. The fourth-order valence-corrected chi connectivity index (χ4v) is 2.52. The minimum absolute atomic E-state index is 0.00591. The van der Waals surface area contributed by atoms with Crippen LogP contribution < -0.4 is 16.4 Å². The average Bonchev–Trinajstić information content (AvgIpc) is 2.81. The van der Waals surface area contributed by atoms with Crippen LogP contribution in [-0.2, 0) is 6.54 Å². The van der Waals surface area contributed by atoms with Crippen LogP contribution in [0.2, 0.25) is 0 Å². The Kier molecular flexibility index (Phi) is 3.12. The molecule has 1 aliphatic rings. The molecule has 2 aromatic carbocycles. The number of nitrogens with one attached hydrogen (secondary N) is 2. The molecule has 0 aromatic heterocycles. The van der Waals surface area contributed by atoms with Crippen molar-refractivity contribution in [2.24, 2.45) is 5.73 Å². The van der Waals surface area contributed by atoms with Gasteiger partial charge in [0.15, 0.2) is 5.11 Å². The second-order valence-corrected chi connectivity index (χ2v) is 5.02. The number of carbonyl (C=O) groups is 1. The Morgan fingerprint density at radius 3 is 2.55 bits per heavy atom. The van der Waals surface area contributed by atoms with Crippen LogP contribution in [0.25, 0.3) is 11.1 Å². The molecule has 0 unspecified atom stereocenters. The van der Waals surface area contributed by atoms with Crippen molar-refractivity contribution >= 4 is 28.9 Å². The minimum Gasteiger partial charge on any atom is -0.376 e. The number of nitrogens with two attached hydrogens (primary N) is 1. The summed E-state index contributed by atoms with van der Waals surface area (Å²) in [6.07, 6.45) is 0. The van der Waals surface area contributed by atoms with Crippen LogP contribution >= 0.6 is 12.2 Å². The molecular formula is C15H13N3OS. The van der Waals surface area contributed by atoms with Crippen molar-refractivity contribution in [3.8, 4) is 11.1 Å². The topological polar surface area (TPSA) is 67.2 Å². The van der Waals surface area contributed by atoms with Gasteiger partial charge in [0.05, 0.1) is 0 Å². The van der Waals surface area contributed by atoms with Crippen molar-refractivity contribution in [1.29, 1.82) is 0 Å². The van der Waals surface area contributed by atoms with E-state index in [9.17, 15) is 4.79 Å². The van der Waals surface area contributed by atoms with Gasteiger partial charge in [0.25, 0.3) is 5.91 Å². The van der Waals surface area contributed by atoms with Gasteiger partial charge in [-0.1, -0.05) is 24.3 Å². The van der Waals surface area contributed by atoms with E-state index in [-0.39, 0.29) is 11.0 Å². The highest BCUT2D eigenvalue weighted by Gasteiger charge is 2.21. The quantitative estimate of drug-likeness (QED) is 0.740. The molecule has 4 N–H and O–H groups in total. The van der Waals surface area contributed by atoms with Crippen LogP contribution in [0, 0.1) is 0 Å². The maximum Gasteiger partial charge on any atom is 0.251 e. The highest BCUT2D eigenvalue weighted by atomic mass is 32.1. The first kappa shape index (κ1) is 12.6. The van der Waals surface area contributed by atoms with E-state index in [1.165, 1.54) is 0 Å². The maximum absolute atomic E-state index is 11.7. The molecule has 0 spiro atoms. The molecule has 0 saturated carbocycles. The summed E-state index contributed by atoms with van der Waals surface area (Å²) in [5.74, 6) is -0.00591. The number of thiocarbonyl (C=S) groups is 1. The Bertz CT molecular complexity index is 695. The van der Waals surface area contributed by atoms with E-state index in [2.05, 4.69) is 10.6 Å². The third-order valence-corrected chi connectivity index (χ3v) is 3.41. The predicted octanol–water partition coefficient (Wildman–Crippen LogP) is 2.25. The lowest BCUT2D eigenvalue weighted by atomic mass is 9.97. The van der Waals surface area contributed by atoms with Crippen molar-refractivity contribution in [1.82, 2.24) is 5.32 Å². The van der Waals surface area contributed by atoms with Gasteiger partial charge in [0, 0.05) is 17.8 Å². The summed E-state index contributed by atoms with van der Waals surface area (Å²) in [6.45, 7) is 0.581. The Balaban J connectivity index is 1.98. The van der Waals surface area contributed by atoms with Gasteiger partial charge >= 0.3 is 0 Å². The average molecular weight is 283 g/mol. The van der Waals surface area contributed by atoms with Crippen LogP contribution in [-0.4, -0.2) is 11.0 Å². The fourth-order valence-electron chi connectivity index (χ4n) is 2.40. The molecular weight excluding hydrogens is 270 g/mol. The Morgan fingerprint density at radius 1 is 1.15 bits per heavy atom. The first-order chi connectivity index (χ1) is 9.65. The van der Waals surface area contributed by atoms with Crippen molar-refractivity contribution in [2.45, 2.75) is 6.54 Å². The molecule has 0 bridgehead atoms. The van der Waals surface area contributed by atoms with E-state index in [4.69, 9.17) is 18.0 Å². The van der Waals surface area contributed by atoms with Gasteiger partial charge in [0.2, 0.25) is 0 Å². The molecule has 3 rings (SSSR count). The normalized spacial score (nSPS) is 12.7. The zero-order valence-corrected chi connectivity index (χ0v) is 11.5. The first-order valence-corrected chi connectivity index (χ1v) is 6.63. The molecule has 0 atom stereocenters. The molecule has 1 aliphatic heterocycles. The standard InChI is InChI=1S/C15H13N3OS/c16-15(20)18-10-6-4-9(5-7-10)11-2-1-3-12-13(11)8-17-14(12)19/h1-7H,8H2,(H,17,19)(H3,16,18,20). The first-order valence-electron chi connectivity index (χ1n) is 6.22. The molecule has 0 aliphatic carbocycles. The zero-order chi connectivity index (χ0) is 14.1. The largest absolute Gasteiger partial charge is 0.376 e. The lowest BCUT2D eigenvalue weighted by Gasteiger charge is -2.09. The van der Waals surface area contributed by atoms with Crippen LogP contribution in [0.4, 0.5) is 5.69 Å². The monoisotopic (exact) mass is 283 g/mol. The number of hydrogen-bond donors (Lipinski definition) is 3. The van der Waals surface area contributed by atoms with Gasteiger partial charge in [-0.25, -0.2) is 0 Å². The summed E-state index contributed by atoms with van der Waals surface area (Å²) in [6, 6.07) is 13.6. The Hall–Kier alpha value is -2.40. The van der Waals surface area contributed by atoms with Crippen molar-refractivity contribution in [3.05, 3.63) is 53.6 Å². The molecule has 2 aromatic rings. The summed E-state index contributed by atoms with van der Waals surface area (Å²) in [4.78, 5) is 11.7. The molecule has 1 amide bonds. The summed E-state index contributed by atoms with van der Waals surface area (Å²) in [7, 11) is 0. The highest BCUT2D eigenvalue weighted by Crippen LogP contribution is 2.29. The minimum atomic E-state index is -0.00591. The van der Waals surface area contributed by atoms with Crippen molar-refractivity contribution < 1.29 is 4.79 Å². The molecule has 0 radical (unpaired) electrons. The second kappa shape index (κ2) is 4.94. The summed E-state index contributed by atoms with van der Waals surface area (Å²) in [5.41, 5.74) is 10.2. The van der Waals surface area contributed by atoms with Crippen LogP contribution in [0.5, 0.6) is 0 Å². The lowest BCUT2D eigenvalue weighted by molar-refractivity contribution is 0.0966. The number of amides is 1. The molecule has 5 heteroatoms. The number of carbonyl (C=O) groups excluding carboxylic acids is 1. The molecule has 0 fully saturated rings. The SMILES string of the molecule is NC(=S)Nc1ccc(-c2cccc3c2CNC3=O)cc1. The van der Waals surface area contributed by atoms with E-state index in [1.807, 2.05) is 42.5 Å². The molecule has 0 saturated heterocycles. The summed E-state index contributed by atoms with van der Waals surface area (Å²) < 4.78 is 0. The lowest BCUT2D eigenvalue weighted by Crippen LogP contribution is -2.18. The third kappa shape index (κ3) is 2.23. The number of hydrogen-bond acceptors (Lipinski definition) is 2. The molecule has 1 heterocycles. The fraction of sp³-hybridized carbons (Fsp3) is 0.0667. The summed E-state index contributed by atoms with van der Waals surface area (Å²) in [5, 5.41) is 5.98. The van der Waals surface area contributed by atoms with Gasteiger partial charge in [-0.15, -0.1) is 0 Å². The number of benzene rings is 2. The number of anilines is 1. The molecule has 100 valence electrons. The molecule has 20 heavy (non-hydrogen) atoms. The van der Waals surface area contributed by atoms with Gasteiger partial charge < -0.3 is 16.4 Å². The maximum atomic E-state index is 11.7. The predicted molar refractivity (Wildman–Crippen MR) is 83.5 cm³/mol. The van der Waals surface area contributed by atoms with E-state index in [0.29, 0.717) is 6.54 Å². The van der Waals surface area contributed by atoms with Gasteiger partial charge in [-0.05, 0) is 47.1 Å². The van der Waals surface area contributed by atoms with Crippen LogP contribution in [0.15, 0.2) is 42.5 Å². The van der Waals surface area contributed by atoms with E-state index < -0.39 is 0 Å². The molecule has 4 nitrogen and oxygen atoms in total. The van der Waals surface area contributed by atoms with E-state index in [0.717, 1.165) is 27.9 Å². The van der Waals surface area contributed by atoms with Gasteiger partial charge in [-0.2, -0.15) is 0 Å². The van der Waals surface area contributed by atoms with E-state index >= 15 is 0 Å². The highest BCUT2D eigenvalue weighted by molar-refractivity contribution is 7.80. The van der Waals surface area contributed by atoms with Gasteiger partial charge in [-0.3, -0.25) is 4.79 Å². The van der Waals surface area contributed by atoms with Crippen molar-refractivity contribution in [3.63, 3.8) is 0 Å². The van der Waals surface area contributed by atoms with E-state index in [1.54, 1.807) is 0 Å². The number of fused-ring (bicyclic) bond motifs is 1. The third-order valence-electron chi connectivity index (χ3n) is 3.31. The van der Waals surface area contributed by atoms with Gasteiger partial charge in [0.1, 0.15) is 0 Å². The Labute approximate surface area is 122 Å². The zero-order valence-electron chi connectivity index (χ0n) is 10.6. The van der Waals surface area contributed by atoms with Crippen LogP contribution in [0.1, 0.15) is 15.9 Å². The number of rotatable bonds is 2. The smallest absolute Gasteiger partial charge is 0.251 e. The van der Waals surface area contributed by atoms with Crippen LogP contribution in [0.3, 0.4) is 0 Å². The Morgan fingerprint density at radius 2 is 1.85 bits per heavy atom. The van der Waals surface area contributed by atoms with Crippen molar-refractivity contribution in [2.75, 3.05) is 5.32 Å². The second-order valence-electron chi connectivity index (χ2n) is 4.58.